The predicted molar refractivity (Wildman–Crippen MR) is 93.2 cm³/mol. The molecule has 1 amide bonds. The lowest BCUT2D eigenvalue weighted by atomic mass is 9.50. The van der Waals surface area contributed by atoms with E-state index in [1.54, 1.807) is 0 Å². The van der Waals surface area contributed by atoms with Crippen molar-refractivity contribution in [1.82, 2.24) is 9.97 Å². The van der Waals surface area contributed by atoms with Crippen molar-refractivity contribution in [1.29, 1.82) is 0 Å². The van der Waals surface area contributed by atoms with Gasteiger partial charge in [0.1, 0.15) is 5.82 Å². The molecule has 5 fully saturated rings. The van der Waals surface area contributed by atoms with Crippen LogP contribution in [0.1, 0.15) is 62.2 Å². The standard InChI is InChI=1S/C18H25N5O2/c1-10-17(2-4-18(10,25)5-3-17)23-15-20-9-12(13(19)24)14(21-15)22-16-6-11(7-16)8-16/h9-11,25H,2-8H2,1H3,(H2,19,24)(H2,20,21,22,23)/t10-,11?,16?,17-,18-/m1/s1. The fourth-order valence-electron chi connectivity index (χ4n) is 5.57. The number of rotatable bonds is 5. The van der Waals surface area contributed by atoms with Crippen molar-refractivity contribution in [3.8, 4) is 0 Å². The first-order valence-electron chi connectivity index (χ1n) is 9.29. The van der Waals surface area contributed by atoms with Crippen LogP contribution in [-0.4, -0.2) is 37.7 Å². The average Bonchev–Trinajstić information content (AvgIpc) is 2.88. The van der Waals surface area contributed by atoms with E-state index in [0.29, 0.717) is 17.3 Å². The Kier molecular flexibility index (Phi) is 2.85. The van der Waals surface area contributed by atoms with Crippen molar-refractivity contribution in [3.05, 3.63) is 11.8 Å². The molecule has 5 aliphatic carbocycles. The number of amides is 1. The van der Waals surface area contributed by atoms with Crippen molar-refractivity contribution in [3.63, 3.8) is 0 Å². The maximum absolute atomic E-state index is 11.8. The highest BCUT2D eigenvalue weighted by Gasteiger charge is 2.60. The third-order valence-corrected chi connectivity index (χ3v) is 7.48. The Morgan fingerprint density at radius 1 is 1.24 bits per heavy atom. The fraction of sp³-hybridized carbons (Fsp3) is 0.722. The number of anilines is 2. The number of hydrogen-bond donors (Lipinski definition) is 4. The van der Waals surface area contributed by atoms with Gasteiger partial charge >= 0.3 is 0 Å². The lowest BCUT2D eigenvalue weighted by Gasteiger charge is -2.62. The summed E-state index contributed by atoms with van der Waals surface area (Å²) in [5, 5.41) is 17.6. The first-order valence-corrected chi connectivity index (χ1v) is 9.29. The second-order valence-electron chi connectivity index (χ2n) is 8.81. The van der Waals surface area contributed by atoms with E-state index < -0.39 is 11.5 Å². The smallest absolute Gasteiger partial charge is 0.254 e. The molecule has 0 spiro atoms. The molecule has 0 aliphatic heterocycles. The Morgan fingerprint density at radius 2 is 1.92 bits per heavy atom. The monoisotopic (exact) mass is 343 g/mol. The summed E-state index contributed by atoms with van der Waals surface area (Å²) in [4.78, 5) is 20.7. The van der Waals surface area contributed by atoms with E-state index in [4.69, 9.17) is 5.73 Å². The molecule has 1 atom stereocenters. The quantitative estimate of drug-likeness (QED) is 0.646. The summed E-state index contributed by atoms with van der Waals surface area (Å²) >= 11 is 0. The molecule has 5 saturated carbocycles. The zero-order valence-electron chi connectivity index (χ0n) is 14.5. The minimum Gasteiger partial charge on any atom is -0.390 e. The summed E-state index contributed by atoms with van der Waals surface area (Å²) in [6.07, 6.45) is 8.42. The second-order valence-corrected chi connectivity index (χ2v) is 8.81. The molecule has 5 aliphatic rings. The number of carbonyl (C=O) groups excluding carboxylic acids is 1. The summed E-state index contributed by atoms with van der Waals surface area (Å²) in [5.41, 5.74) is 5.23. The van der Waals surface area contributed by atoms with E-state index in [1.165, 1.54) is 6.20 Å². The van der Waals surface area contributed by atoms with Gasteiger partial charge in [0.2, 0.25) is 5.95 Å². The van der Waals surface area contributed by atoms with Gasteiger partial charge in [0, 0.05) is 23.2 Å². The summed E-state index contributed by atoms with van der Waals surface area (Å²) in [5.74, 6) is 1.53. The number of carbonyl (C=O) groups is 1. The van der Waals surface area contributed by atoms with Crippen LogP contribution in [0.15, 0.2) is 6.20 Å². The Morgan fingerprint density at radius 3 is 2.40 bits per heavy atom. The average molecular weight is 343 g/mol. The molecule has 7 heteroatoms. The largest absolute Gasteiger partial charge is 0.390 e. The summed E-state index contributed by atoms with van der Waals surface area (Å²) < 4.78 is 0. The first kappa shape index (κ1) is 15.4. The molecule has 6 rings (SSSR count). The maximum atomic E-state index is 11.8. The van der Waals surface area contributed by atoms with E-state index in [1.807, 2.05) is 0 Å². The number of hydrogen-bond acceptors (Lipinski definition) is 6. The Labute approximate surface area is 146 Å². The molecule has 0 unspecified atom stereocenters. The number of fused-ring (bicyclic) bond motifs is 2. The van der Waals surface area contributed by atoms with Crippen molar-refractivity contribution in [2.24, 2.45) is 17.6 Å². The molecule has 1 heterocycles. The predicted octanol–water partition coefficient (Wildman–Crippen LogP) is 1.65. The van der Waals surface area contributed by atoms with Gasteiger partial charge in [-0.05, 0) is 50.9 Å². The van der Waals surface area contributed by atoms with E-state index in [2.05, 4.69) is 27.5 Å². The fourth-order valence-corrected chi connectivity index (χ4v) is 5.57. The van der Waals surface area contributed by atoms with Crippen LogP contribution in [0, 0.1) is 11.8 Å². The third-order valence-electron chi connectivity index (χ3n) is 7.48. The van der Waals surface area contributed by atoms with Crippen molar-refractivity contribution in [2.45, 2.75) is 68.5 Å². The number of primary amides is 1. The Bertz CT molecular complexity index is 739. The number of nitrogens with zero attached hydrogens (tertiary/aromatic N) is 2. The van der Waals surface area contributed by atoms with Gasteiger partial charge in [-0.3, -0.25) is 4.79 Å². The van der Waals surface area contributed by atoms with Gasteiger partial charge in [0.15, 0.2) is 0 Å². The molecule has 0 radical (unpaired) electrons. The lowest BCUT2D eigenvalue weighted by molar-refractivity contribution is 0.00177. The third kappa shape index (κ3) is 2.05. The van der Waals surface area contributed by atoms with Gasteiger partial charge in [-0.1, -0.05) is 6.92 Å². The van der Waals surface area contributed by atoms with Crippen LogP contribution in [0.4, 0.5) is 11.8 Å². The molecule has 1 aromatic heterocycles. The summed E-state index contributed by atoms with van der Waals surface area (Å²) in [6, 6.07) is 0. The number of nitrogens with one attached hydrogen (secondary N) is 2. The molecular weight excluding hydrogens is 318 g/mol. The van der Waals surface area contributed by atoms with Crippen LogP contribution in [0.2, 0.25) is 0 Å². The maximum Gasteiger partial charge on any atom is 0.254 e. The SMILES string of the molecule is C[C@H]1[C@]2(O)CC[C@]1(Nc1ncc(C(N)=O)c(NC34CC(C3)C4)n1)CC2. The first-order chi connectivity index (χ1) is 11.8. The Balaban J connectivity index is 1.43. The highest BCUT2D eigenvalue weighted by Crippen LogP contribution is 2.59. The normalized spacial score (nSPS) is 43.3. The zero-order valence-corrected chi connectivity index (χ0v) is 14.5. The van der Waals surface area contributed by atoms with E-state index in [9.17, 15) is 9.90 Å². The molecule has 0 saturated heterocycles. The highest BCUT2D eigenvalue weighted by molar-refractivity contribution is 5.97. The van der Waals surface area contributed by atoms with Crippen molar-refractivity contribution < 1.29 is 9.90 Å². The van der Waals surface area contributed by atoms with Crippen molar-refractivity contribution in [2.75, 3.05) is 10.6 Å². The minimum absolute atomic E-state index is 0.104. The number of aliphatic hydroxyl groups is 1. The van der Waals surface area contributed by atoms with Crippen LogP contribution in [-0.2, 0) is 0 Å². The van der Waals surface area contributed by atoms with Crippen LogP contribution >= 0.6 is 0 Å². The zero-order chi connectivity index (χ0) is 17.4. The van der Waals surface area contributed by atoms with Gasteiger partial charge in [-0.25, -0.2) is 4.98 Å². The van der Waals surface area contributed by atoms with Gasteiger partial charge in [-0.2, -0.15) is 4.98 Å². The molecule has 0 aromatic carbocycles. The van der Waals surface area contributed by atoms with Crippen LogP contribution < -0.4 is 16.4 Å². The number of nitrogens with two attached hydrogens (primary N) is 1. The Hall–Kier alpha value is -1.89. The van der Waals surface area contributed by atoms with Gasteiger partial charge in [-0.15, -0.1) is 0 Å². The molecule has 1 aromatic rings. The molecule has 25 heavy (non-hydrogen) atoms. The van der Waals surface area contributed by atoms with Crippen molar-refractivity contribution >= 4 is 17.7 Å². The summed E-state index contributed by atoms with van der Waals surface area (Å²) in [7, 11) is 0. The highest BCUT2D eigenvalue weighted by atomic mass is 16.3. The van der Waals surface area contributed by atoms with Crippen LogP contribution in [0.5, 0.6) is 0 Å². The molecule has 5 N–H and O–H groups in total. The minimum atomic E-state index is -0.562. The number of aromatic nitrogens is 2. The molecule has 4 bridgehead atoms. The second kappa shape index (κ2) is 4.63. The molecule has 7 nitrogen and oxygen atoms in total. The van der Waals surface area contributed by atoms with E-state index in [0.717, 1.165) is 50.9 Å². The van der Waals surface area contributed by atoms with Gasteiger partial charge in [0.25, 0.3) is 5.91 Å². The van der Waals surface area contributed by atoms with Crippen LogP contribution in [0.25, 0.3) is 0 Å². The van der Waals surface area contributed by atoms with E-state index in [-0.39, 0.29) is 17.0 Å². The summed E-state index contributed by atoms with van der Waals surface area (Å²) in [6.45, 7) is 2.10. The molecular formula is C18H25N5O2. The van der Waals surface area contributed by atoms with Gasteiger partial charge in [0.05, 0.1) is 11.2 Å². The van der Waals surface area contributed by atoms with Crippen LogP contribution in [0.3, 0.4) is 0 Å². The lowest BCUT2D eigenvalue weighted by Crippen LogP contribution is -2.63. The van der Waals surface area contributed by atoms with E-state index >= 15 is 0 Å². The van der Waals surface area contributed by atoms with Gasteiger partial charge < -0.3 is 21.5 Å². The molecule has 134 valence electrons. The topological polar surface area (TPSA) is 113 Å².